The van der Waals surface area contributed by atoms with Crippen molar-refractivity contribution in [3.63, 3.8) is 0 Å². The standard InChI is InChI=1S/C14H23NO2S/c1-10(2)13-6-8-14(9-7-13)12(5)15-18(16,17)11(3)4/h6-12,15H,1-5H3. The van der Waals surface area contributed by atoms with Gasteiger partial charge in [-0.25, -0.2) is 13.1 Å². The monoisotopic (exact) mass is 269 g/mol. The van der Waals surface area contributed by atoms with Gasteiger partial charge < -0.3 is 0 Å². The van der Waals surface area contributed by atoms with E-state index in [4.69, 9.17) is 0 Å². The van der Waals surface area contributed by atoms with Gasteiger partial charge in [-0.3, -0.25) is 0 Å². The van der Waals surface area contributed by atoms with Gasteiger partial charge in [-0.2, -0.15) is 0 Å². The Balaban J connectivity index is 2.82. The number of benzene rings is 1. The molecule has 0 aliphatic rings. The van der Waals surface area contributed by atoms with Gasteiger partial charge in [0.2, 0.25) is 10.0 Å². The normalized spacial score (nSPS) is 14.2. The van der Waals surface area contributed by atoms with Crippen molar-refractivity contribution in [3.8, 4) is 0 Å². The summed E-state index contributed by atoms with van der Waals surface area (Å²) < 4.78 is 26.2. The van der Waals surface area contributed by atoms with Crippen LogP contribution in [0.1, 0.15) is 57.7 Å². The number of hydrogen-bond acceptors (Lipinski definition) is 2. The van der Waals surface area contributed by atoms with Crippen LogP contribution in [0.3, 0.4) is 0 Å². The predicted molar refractivity (Wildman–Crippen MR) is 76.1 cm³/mol. The summed E-state index contributed by atoms with van der Waals surface area (Å²) in [6, 6.07) is 7.89. The predicted octanol–water partition coefficient (Wildman–Crippen LogP) is 3.20. The first kappa shape index (κ1) is 15.2. The average Bonchev–Trinajstić information content (AvgIpc) is 2.28. The lowest BCUT2D eigenvalue weighted by Gasteiger charge is -2.17. The Morgan fingerprint density at radius 3 is 1.72 bits per heavy atom. The van der Waals surface area contributed by atoms with Crippen LogP contribution in [0.2, 0.25) is 0 Å². The summed E-state index contributed by atoms with van der Waals surface area (Å²) in [5.74, 6) is 0.488. The third-order valence-electron chi connectivity index (χ3n) is 3.06. The van der Waals surface area contributed by atoms with E-state index in [2.05, 4.69) is 30.7 Å². The third-order valence-corrected chi connectivity index (χ3v) is 4.99. The van der Waals surface area contributed by atoms with Gasteiger partial charge in [0.1, 0.15) is 0 Å². The van der Waals surface area contributed by atoms with Gasteiger partial charge in [-0.05, 0) is 37.8 Å². The molecule has 0 bridgehead atoms. The zero-order valence-electron chi connectivity index (χ0n) is 11.8. The van der Waals surface area contributed by atoms with Crippen LogP contribution in [0.5, 0.6) is 0 Å². The Kier molecular flexibility index (Phi) is 4.93. The highest BCUT2D eigenvalue weighted by Gasteiger charge is 2.19. The molecule has 0 heterocycles. The molecule has 0 saturated carbocycles. The van der Waals surface area contributed by atoms with E-state index in [0.29, 0.717) is 5.92 Å². The van der Waals surface area contributed by atoms with Crippen LogP contribution in [-0.2, 0) is 10.0 Å². The summed E-state index contributed by atoms with van der Waals surface area (Å²) >= 11 is 0. The molecule has 1 N–H and O–H groups in total. The summed E-state index contributed by atoms with van der Waals surface area (Å²) in [7, 11) is -3.22. The molecule has 0 saturated heterocycles. The molecule has 1 atom stereocenters. The second-order valence-corrected chi connectivity index (χ2v) is 7.52. The van der Waals surface area contributed by atoms with Crippen LogP contribution in [0, 0.1) is 0 Å². The van der Waals surface area contributed by atoms with E-state index in [1.807, 2.05) is 19.1 Å². The molecule has 0 spiro atoms. The zero-order valence-corrected chi connectivity index (χ0v) is 12.6. The maximum absolute atomic E-state index is 11.8. The lowest BCUT2D eigenvalue weighted by atomic mass is 10.00. The molecule has 1 aromatic carbocycles. The van der Waals surface area contributed by atoms with Crippen molar-refractivity contribution in [2.45, 2.75) is 51.8 Å². The minimum Gasteiger partial charge on any atom is -0.212 e. The Hall–Kier alpha value is -0.870. The van der Waals surface area contributed by atoms with Crippen molar-refractivity contribution < 1.29 is 8.42 Å². The SMILES string of the molecule is CC(C)c1ccc(C(C)NS(=O)(=O)C(C)C)cc1. The Labute approximate surface area is 111 Å². The summed E-state index contributed by atoms with van der Waals surface area (Å²) in [4.78, 5) is 0. The van der Waals surface area contributed by atoms with Crippen molar-refractivity contribution in [2.75, 3.05) is 0 Å². The van der Waals surface area contributed by atoms with Gasteiger partial charge in [0.25, 0.3) is 0 Å². The number of hydrogen-bond donors (Lipinski definition) is 1. The fourth-order valence-corrected chi connectivity index (χ4v) is 2.52. The van der Waals surface area contributed by atoms with Gasteiger partial charge in [0.15, 0.2) is 0 Å². The molecule has 102 valence electrons. The van der Waals surface area contributed by atoms with Crippen LogP contribution in [0.4, 0.5) is 0 Å². The van der Waals surface area contributed by atoms with Crippen molar-refractivity contribution >= 4 is 10.0 Å². The molecular weight excluding hydrogens is 246 g/mol. The van der Waals surface area contributed by atoms with E-state index in [-0.39, 0.29) is 6.04 Å². The first-order chi connectivity index (χ1) is 8.24. The second kappa shape index (κ2) is 5.85. The van der Waals surface area contributed by atoms with Crippen molar-refractivity contribution in [1.82, 2.24) is 4.72 Å². The van der Waals surface area contributed by atoms with E-state index in [1.165, 1.54) is 5.56 Å². The summed E-state index contributed by atoms with van der Waals surface area (Å²) in [6.45, 7) is 9.50. The third kappa shape index (κ3) is 3.82. The lowest BCUT2D eigenvalue weighted by molar-refractivity contribution is 0.558. The van der Waals surface area contributed by atoms with Crippen LogP contribution >= 0.6 is 0 Å². The van der Waals surface area contributed by atoms with Crippen molar-refractivity contribution in [2.24, 2.45) is 0 Å². The minimum absolute atomic E-state index is 0.196. The van der Waals surface area contributed by atoms with E-state index in [9.17, 15) is 8.42 Å². The molecule has 1 unspecified atom stereocenters. The van der Waals surface area contributed by atoms with E-state index < -0.39 is 15.3 Å². The number of rotatable bonds is 5. The van der Waals surface area contributed by atoms with Gasteiger partial charge in [0, 0.05) is 6.04 Å². The van der Waals surface area contributed by atoms with Crippen LogP contribution in [0.25, 0.3) is 0 Å². The molecule has 0 aliphatic heterocycles. The minimum atomic E-state index is -3.22. The van der Waals surface area contributed by atoms with E-state index >= 15 is 0 Å². The maximum atomic E-state index is 11.8. The molecule has 1 rings (SSSR count). The fraction of sp³-hybridized carbons (Fsp3) is 0.571. The summed E-state index contributed by atoms with van der Waals surface area (Å²) in [6.07, 6.45) is 0. The Morgan fingerprint density at radius 2 is 1.33 bits per heavy atom. The molecule has 0 aromatic heterocycles. The van der Waals surface area contributed by atoms with Crippen LogP contribution < -0.4 is 4.72 Å². The Bertz CT molecular complexity index is 475. The smallest absolute Gasteiger partial charge is 0.212 e. The fourth-order valence-electron chi connectivity index (χ4n) is 1.62. The van der Waals surface area contributed by atoms with Gasteiger partial charge in [-0.1, -0.05) is 38.1 Å². The van der Waals surface area contributed by atoms with Crippen LogP contribution in [0.15, 0.2) is 24.3 Å². The second-order valence-electron chi connectivity index (χ2n) is 5.25. The lowest BCUT2D eigenvalue weighted by Crippen LogP contribution is -2.32. The highest BCUT2D eigenvalue weighted by atomic mass is 32.2. The number of sulfonamides is 1. The van der Waals surface area contributed by atoms with Crippen LogP contribution in [-0.4, -0.2) is 13.7 Å². The first-order valence-electron chi connectivity index (χ1n) is 6.35. The van der Waals surface area contributed by atoms with Crippen molar-refractivity contribution in [3.05, 3.63) is 35.4 Å². The molecule has 0 amide bonds. The molecular formula is C14H23NO2S. The molecule has 3 nitrogen and oxygen atoms in total. The Morgan fingerprint density at radius 1 is 0.889 bits per heavy atom. The van der Waals surface area contributed by atoms with Crippen molar-refractivity contribution in [1.29, 1.82) is 0 Å². The van der Waals surface area contributed by atoms with Gasteiger partial charge >= 0.3 is 0 Å². The highest BCUT2D eigenvalue weighted by molar-refractivity contribution is 7.90. The topological polar surface area (TPSA) is 46.2 Å². The average molecular weight is 269 g/mol. The zero-order chi connectivity index (χ0) is 13.9. The van der Waals surface area contributed by atoms with Gasteiger partial charge in [-0.15, -0.1) is 0 Å². The highest BCUT2D eigenvalue weighted by Crippen LogP contribution is 2.19. The first-order valence-corrected chi connectivity index (χ1v) is 7.89. The summed E-state index contributed by atoms with van der Waals surface area (Å²) in [5, 5.41) is -0.408. The maximum Gasteiger partial charge on any atom is 0.214 e. The molecule has 18 heavy (non-hydrogen) atoms. The van der Waals surface area contributed by atoms with Gasteiger partial charge in [0.05, 0.1) is 5.25 Å². The van der Waals surface area contributed by atoms with E-state index in [1.54, 1.807) is 13.8 Å². The molecule has 4 heteroatoms. The quantitative estimate of drug-likeness (QED) is 0.892. The molecule has 0 fully saturated rings. The molecule has 0 aliphatic carbocycles. The largest absolute Gasteiger partial charge is 0.214 e. The molecule has 1 aromatic rings. The summed E-state index contributed by atoms with van der Waals surface area (Å²) in [5.41, 5.74) is 2.25. The number of nitrogens with one attached hydrogen (secondary N) is 1. The molecule has 0 radical (unpaired) electrons. The van der Waals surface area contributed by atoms with E-state index in [0.717, 1.165) is 5.56 Å².